The van der Waals surface area contributed by atoms with Crippen LogP contribution in [0.15, 0.2) is 22.7 Å². The minimum atomic E-state index is 0.809. The van der Waals surface area contributed by atoms with E-state index in [2.05, 4.69) is 40.7 Å². The number of hydrogen-bond acceptors (Lipinski definition) is 2. The topological polar surface area (TPSA) is 12.5 Å². The maximum absolute atomic E-state index is 5.87. The van der Waals surface area contributed by atoms with Gasteiger partial charge in [-0.15, -0.1) is 0 Å². The van der Waals surface area contributed by atoms with Gasteiger partial charge >= 0.3 is 0 Å². The highest BCUT2D eigenvalue weighted by molar-refractivity contribution is 9.10. The fourth-order valence-corrected chi connectivity index (χ4v) is 2.85. The van der Waals surface area contributed by atoms with Gasteiger partial charge in [-0.2, -0.15) is 0 Å². The fraction of sp³-hybridized carbons (Fsp3) is 0.625. The Morgan fingerprint density at radius 2 is 2.05 bits per heavy atom. The van der Waals surface area contributed by atoms with Gasteiger partial charge in [0, 0.05) is 16.6 Å². The number of hydrogen-bond donors (Lipinski definition) is 0. The summed E-state index contributed by atoms with van der Waals surface area (Å²) in [6, 6.07) is 6.12. The summed E-state index contributed by atoms with van der Waals surface area (Å²) in [5.41, 5.74) is 1.19. The van der Waals surface area contributed by atoms with E-state index >= 15 is 0 Å². The zero-order valence-electron chi connectivity index (χ0n) is 12.0. The van der Waals surface area contributed by atoms with Crippen molar-refractivity contribution in [2.24, 2.45) is 5.92 Å². The number of piperidine rings is 1. The van der Waals surface area contributed by atoms with Crippen LogP contribution in [0, 0.1) is 12.8 Å². The third-order valence-electron chi connectivity index (χ3n) is 3.97. The largest absolute Gasteiger partial charge is 0.493 e. The van der Waals surface area contributed by atoms with Crippen molar-refractivity contribution in [3.05, 3.63) is 28.2 Å². The first-order valence-electron chi connectivity index (χ1n) is 7.27. The lowest BCUT2D eigenvalue weighted by atomic mass is 9.99. The quantitative estimate of drug-likeness (QED) is 0.750. The smallest absolute Gasteiger partial charge is 0.123 e. The summed E-state index contributed by atoms with van der Waals surface area (Å²) in [4.78, 5) is 2.57. The first-order chi connectivity index (χ1) is 9.16. The maximum atomic E-state index is 5.87. The van der Waals surface area contributed by atoms with E-state index in [1.807, 2.05) is 12.1 Å². The molecule has 2 nitrogen and oxygen atoms in total. The van der Waals surface area contributed by atoms with Gasteiger partial charge in [-0.3, -0.25) is 0 Å². The number of rotatable bonds is 5. The number of likely N-dealkylation sites (tertiary alicyclic amines) is 1. The Kier molecular flexibility index (Phi) is 5.71. The molecule has 0 saturated carbocycles. The third-order valence-corrected chi connectivity index (χ3v) is 4.83. The summed E-state index contributed by atoms with van der Waals surface area (Å²) in [5.74, 6) is 1.92. The molecule has 1 fully saturated rings. The van der Waals surface area contributed by atoms with E-state index in [0.29, 0.717) is 0 Å². The Hall–Kier alpha value is -0.540. The van der Waals surface area contributed by atoms with Crippen LogP contribution in [0.25, 0.3) is 0 Å². The summed E-state index contributed by atoms with van der Waals surface area (Å²) < 4.78 is 6.99. The first-order valence-corrected chi connectivity index (χ1v) is 8.06. The van der Waals surface area contributed by atoms with Crippen molar-refractivity contribution in [1.29, 1.82) is 0 Å². The number of ether oxygens (including phenoxy) is 1. The molecule has 0 atom stereocenters. The lowest BCUT2D eigenvalue weighted by Gasteiger charge is -2.30. The van der Waals surface area contributed by atoms with Gasteiger partial charge in [0.25, 0.3) is 0 Å². The van der Waals surface area contributed by atoms with Crippen LogP contribution in [0.3, 0.4) is 0 Å². The van der Waals surface area contributed by atoms with Gasteiger partial charge in [0.2, 0.25) is 0 Å². The molecule has 0 spiro atoms. The van der Waals surface area contributed by atoms with Crippen LogP contribution in [0.2, 0.25) is 0 Å². The minimum Gasteiger partial charge on any atom is -0.493 e. The molecule has 1 aliphatic heterocycles. The van der Waals surface area contributed by atoms with Crippen LogP contribution in [-0.2, 0) is 0 Å². The number of nitrogens with zero attached hydrogens (tertiary/aromatic N) is 1. The van der Waals surface area contributed by atoms with E-state index < -0.39 is 0 Å². The normalized spacial score (nSPS) is 17.6. The predicted molar refractivity (Wildman–Crippen MR) is 83.8 cm³/mol. The van der Waals surface area contributed by atoms with Crippen LogP contribution in [0.1, 0.15) is 31.7 Å². The molecule has 0 amide bonds. The second-order valence-electron chi connectivity index (χ2n) is 5.59. The maximum Gasteiger partial charge on any atom is 0.123 e. The zero-order valence-corrected chi connectivity index (χ0v) is 13.6. The predicted octanol–water partition coefficient (Wildman–Crippen LogP) is 4.26. The molecule has 1 heterocycles. The highest BCUT2D eigenvalue weighted by atomic mass is 79.9. The summed E-state index contributed by atoms with van der Waals surface area (Å²) in [7, 11) is 0. The van der Waals surface area contributed by atoms with E-state index in [1.165, 1.54) is 38.0 Å². The molecule has 1 aromatic carbocycles. The molecule has 0 aromatic heterocycles. The highest BCUT2D eigenvalue weighted by Crippen LogP contribution is 2.25. The molecule has 0 unspecified atom stereocenters. The first kappa shape index (κ1) is 14.9. The molecule has 106 valence electrons. The van der Waals surface area contributed by atoms with Gasteiger partial charge < -0.3 is 9.64 Å². The zero-order chi connectivity index (χ0) is 13.7. The van der Waals surface area contributed by atoms with Crippen molar-refractivity contribution in [1.82, 2.24) is 4.90 Å². The van der Waals surface area contributed by atoms with Crippen molar-refractivity contribution >= 4 is 15.9 Å². The molecule has 1 aliphatic rings. The Morgan fingerprint density at radius 1 is 1.32 bits per heavy atom. The van der Waals surface area contributed by atoms with E-state index in [4.69, 9.17) is 4.74 Å². The lowest BCUT2D eigenvalue weighted by Crippen LogP contribution is -2.34. The van der Waals surface area contributed by atoms with Crippen LogP contribution < -0.4 is 4.74 Å². The molecular weight excluding hydrogens is 302 g/mol. The third kappa shape index (κ3) is 4.50. The van der Waals surface area contributed by atoms with E-state index in [9.17, 15) is 0 Å². The van der Waals surface area contributed by atoms with Crippen LogP contribution in [0.4, 0.5) is 0 Å². The van der Waals surface area contributed by atoms with Crippen LogP contribution in [-0.4, -0.2) is 31.1 Å². The van der Waals surface area contributed by atoms with Crippen LogP contribution >= 0.6 is 15.9 Å². The summed E-state index contributed by atoms with van der Waals surface area (Å²) >= 11 is 3.53. The molecule has 19 heavy (non-hydrogen) atoms. The highest BCUT2D eigenvalue weighted by Gasteiger charge is 2.14. The van der Waals surface area contributed by atoms with Gasteiger partial charge in [-0.1, -0.05) is 28.9 Å². The second kappa shape index (κ2) is 7.30. The van der Waals surface area contributed by atoms with Gasteiger partial charge in [0.15, 0.2) is 0 Å². The minimum absolute atomic E-state index is 0.809. The molecule has 1 saturated heterocycles. The molecule has 0 radical (unpaired) electrons. The van der Waals surface area contributed by atoms with Gasteiger partial charge in [-0.05, 0) is 57.3 Å². The summed E-state index contributed by atoms with van der Waals surface area (Å²) in [5, 5.41) is 0. The molecule has 1 aromatic rings. The molecule has 0 bridgehead atoms. The Morgan fingerprint density at radius 3 is 2.79 bits per heavy atom. The van der Waals surface area contributed by atoms with Crippen LogP contribution in [0.5, 0.6) is 5.75 Å². The molecule has 3 heteroatoms. The number of halogens is 1. The van der Waals surface area contributed by atoms with Crippen molar-refractivity contribution in [2.75, 3.05) is 26.2 Å². The summed E-state index contributed by atoms with van der Waals surface area (Å²) in [6.45, 7) is 8.94. The van der Waals surface area contributed by atoms with E-state index in [1.54, 1.807) is 0 Å². The van der Waals surface area contributed by atoms with E-state index in [-0.39, 0.29) is 0 Å². The Labute approximate surface area is 125 Å². The average Bonchev–Trinajstić information content (AvgIpc) is 2.41. The monoisotopic (exact) mass is 325 g/mol. The van der Waals surface area contributed by atoms with Crippen molar-refractivity contribution in [2.45, 2.75) is 33.1 Å². The van der Waals surface area contributed by atoms with Gasteiger partial charge in [0.05, 0.1) is 6.61 Å². The Balaban J connectivity index is 1.68. The van der Waals surface area contributed by atoms with Gasteiger partial charge in [0.1, 0.15) is 5.75 Å². The second-order valence-corrected chi connectivity index (χ2v) is 6.44. The lowest BCUT2D eigenvalue weighted by molar-refractivity contribution is 0.177. The average molecular weight is 326 g/mol. The summed E-state index contributed by atoms with van der Waals surface area (Å²) in [6.07, 6.45) is 3.82. The standard InChI is InChI=1S/C16H24BrNO/c1-13-7-10-18(11-8-13)9-4-12-19-16-6-3-5-15(17)14(16)2/h3,5-6,13H,4,7-12H2,1-2H3. The van der Waals surface area contributed by atoms with Crippen molar-refractivity contribution in [3.63, 3.8) is 0 Å². The molecule has 2 rings (SSSR count). The number of benzene rings is 1. The van der Waals surface area contributed by atoms with E-state index in [0.717, 1.165) is 29.2 Å². The SMILES string of the molecule is Cc1c(Br)cccc1OCCCN1CCC(C)CC1. The van der Waals surface area contributed by atoms with Gasteiger partial charge in [-0.25, -0.2) is 0 Å². The van der Waals surface area contributed by atoms with Crippen molar-refractivity contribution < 1.29 is 4.74 Å². The van der Waals surface area contributed by atoms with Crippen molar-refractivity contribution in [3.8, 4) is 5.75 Å². The molecular formula is C16H24BrNO. The fourth-order valence-electron chi connectivity index (χ4n) is 2.50. The Bertz CT molecular complexity index is 400. The molecule has 0 N–H and O–H groups in total. The molecule has 0 aliphatic carbocycles.